The average molecular weight is 289 g/mol. The van der Waals surface area contributed by atoms with E-state index in [1.54, 1.807) is 12.1 Å². The van der Waals surface area contributed by atoms with Crippen LogP contribution in [0.25, 0.3) is 0 Å². The van der Waals surface area contributed by atoms with Crippen molar-refractivity contribution in [3.63, 3.8) is 0 Å². The number of halogens is 1. The number of hydrogen-bond donors (Lipinski definition) is 0. The molecule has 1 aromatic heterocycles. The third-order valence-electron chi connectivity index (χ3n) is 2.96. The number of benzene rings is 1. The van der Waals surface area contributed by atoms with Crippen molar-refractivity contribution in [3.05, 3.63) is 53.1 Å². The highest BCUT2D eigenvalue weighted by Gasteiger charge is 2.39. The first-order chi connectivity index (χ1) is 9.99. The number of aryl methyl sites for hydroxylation is 1. The topological polar surface area (TPSA) is 81.5 Å². The van der Waals surface area contributed by atoms with Gasteiger partial charge in [-0.1, -0.05) is 17.2 Å². The lowest BCUT2D eigenvalue weighted by Gasteiger charge is -2.11. The van der Waals surface area contributed by atoms with Gasteiger partial charge >= 0.3 is 5.97 Å². The largest absolute Gasteiger partial charge is 0.384 e. The van der Waals surface area contributed by atoms with Gasteiger partial charge in [0.25, 0.3) is 11.8 Å². The van der Waals surface area contributed by atoms with Crippen LogP contribution in [0.2, 0.25) is 0 Å². The second-order valence-corrected chi connectivity index (χ2v) is 4.30. The van der Waals surface area contributed by atoms with Gasteiger partial charge in [-0.3, -0.25) is 9.59 Å². The summed E-state index contributed by atoms with van der Waals surface area (Å²) in [5, 5.41) is 3.92. The van der Waals surface area contributed by atoms with Gasteiger partial charge in [-0.05, 0) is 12.1 Å². The van der Waals surface area contributed by atoms with E-state index in [2.05, 4.69) is 5.10 Å². The molecular formula is C13H8FN3O4. The molecule has 7 nitrogen and oxygen atoms in total. The van der Waals surface area contributed by atoms with Crippen molar-refractivity contribution >= 4 is 17.8 Å². The fraction of sp³-hybridized carbons (Fsp3) is 0.0769. The molecule has 0 unspecified atom stereocenters. The van der Waals surface area contributed by atoms with Gasteiger partial charge in [0.1, 0.15) is 0 Å². The number of hydroxylamine groups is 2. The second kappa shape index (κ2) is 4.51. The minimum atomic E-state index is -1.09. The Hall–Kier alpha value is -3.03. The first kappa shape index (κ1) is 13.0. The van der Waals surface area contributed by atoms with Crippen LogP contribution in [0.4, 0.5) is 4.39 Å². The predicted octanol–water partition coefficient (Wildman–Crippen LogP) is 0.927. The zero-order valence-electron chi connectivity index (χ0n) is 10.7. The summed E-state index contributed by atoms with van der Waals surface area (Å²) in [5.74, 6) is -3.34. The third-order valence-corrected chi connectivity index (χ3v) is 2.96. The number of aromatic nitrogens is 2. The predicted molar refractivity (Wildman–Crippen MR) is 65.5 cm³/mol. The molecule has 0 atom stereocenters. The molecule has 21 heavy (non-hydrogen) atoms. The molecule has 0 N–H and O–H groups in total. The summed E-state index contributed by atoms with van der Waals surface area (Å²) in [6.07, 6.45) is 0. The molecule has 0 fully saturated rings. The molecule has 106 valence electrons. The second-order valence-electron chi connectivity index (χ2n) is 4.30. The van der Waals surface area contributed by atoms with E-state index in [1.165, 1.54) is 19.2 Å². The quantitative estimate of drug-likeness (QED) is 0.768. The van der Waals surface area contributed by atoms with Gasteiger partial charge in [-0.25, -0.2) is 9.48 Å². The van der Waals surface area contributed by atoms with Gasteiger partial charge < -0.3 is 4.84 Å². The fourth-order valence-electron chi connectivity index (χ4n) is 1.92. The lowest BCUT2D eigenvalue weighted by Crippen LogP contribution is -2.32. The van der Waals surface area contributed by atoms with Gasteiger partial charge in [0.15, 0.2) is 5.69 Å². The average Bonchev–Trinajstić information content (AvgIpc) is 2.93. The van der Waals surface area contributed by atoms with Crippen LogP contribution < -0.4 is 0 Å². The first-order valence-electron chi connectivity index (χ1n) is 5.88. The number of carbonyl (C=O) groups excluding carboxylic acids is 3. The molecule has 2 heterocycles. The number of amides is 2. The van der Waals surface area contributed by atoms with Crippen LogP contribution in [0.15, 0.2) is 30.3 Å². The van der Waals surface area contributed by atoms with Crippen molar-refractivity contribution in [3.8, 4) is 0 Å². The maximum atomic E-state index is 13.1. The lowest BCUT2D eigenvalue weighted by atomic mass is 10.1. The van der Waals surface area contributed by atoms with Crippen molar-refractivity contribution < 1.29 is 23.6 Å². The normalized spacial score (nSPS) is 13.5. The van der Waals surface area contributed by atoms with Crippen LogP contribution in [-0.2, 0) is 11.9 Å². The van der Waals surface area contributed by atoms with Crippen LogP contribution in [0, 0.1) is 5.95 Å². The summed E-state index contributed by atoms with van der Waals surface area (Å²) in [6, 6.07) is 6.92. The minimum Gasteiger partial charge on any atom is -0.322 e. The molecule has 0 spiro atoms. The summed E-state index contributed by atoms with van der Waals surface area (Å²) in [4.78, 5) is 40.5. The van der Waals surface area contributed by atoms with Crippen molar-refractivity contribution in [2.24, 2.45) is 7.05 Å². The van der Waals surface area contributed by atoms with E-state index < -0.39 is 23.7 Å². The smallest absolute Gasteiger partial charge is 0.322 e. The molecule has 0 radical (unpaired) electrons. The summed E-state index contributed by atoms with van der Waals surface area (Å²) in [5.41, 5.74) is -0.0587. The maximum absolute atomic E-state index is 13.1. The Bertz CT molecular complexity index is 729. The van der Waals surface area contributed by atoms with E-state index in [-0.39, 0.29) is 16.8 Å². The van der Waals surface area contributed by atoms with Gasteiger partial charge in [0.05, 0.1) is 11.1 Å². The SMILES string of the molecule is Cn1nc(C(=O)ON2C(=O)c3ccccc3C2=O)cc1F. The number of fused-ring (bicyclic) bond motifs is 1. The van der Waals surface area contributed by atoms with Crippen LogP contribution in [0.5, 0.6) is 0 Å². The number of imide groups is 1. The van der Waals surface area contributed by atoms with Crippen LogP contribution >= 0.6 is 0 Å². The molecule has 2 amide bonds. The minimum absolute atomic E-state index is 0.141. The highest BCUT2D eigenvalue weighted by molar-refractivity contribution is 6.21. The van der Waals surface area contributed by atoms with Crippen molar-refractivity contribution in [1.29, 1.82) is 0 Å². The van der Waals surface area contributed by atoms with Gasteiger partial charge in [-0.2, -0.15) is 9.49 Å². The molecule has 3 rings (SSSR count). The summed E-state index contributed by atoms with van der Waals surface area (Å²) < 4.78 is 14.0. The number of nitrogens with zero attached hydrogens (tertiary/aromatic N) is 3. The van der Waals surface area contributed by atoms with Crippen LogP contribution in [0.1, 0.15) is 31.2 Å². The summed E-state index contributed by atoms with van der Waals surface area (Å²) in [7, 11) is 1.30. The summed E-state index contributed by atoms with van der Waals surface area (Å²) >= 11 is 0. The molecular weight excluding hydrogens is 281 g/mol. The Morgan fingerprint density at radius 3 is 2.24 bits per heavy atom. The molecule has 0 aliphatic carbocycles. The lowest BCUT2D eigenvalue weighted by molar-refractivity contribution is -0.0588. The first-order valence-corrected chi connectivity index (χ1v) is 5.88. The zero-order valence-corrected chi connectivity index (χ0v) is 10.7. The van der Waals surface area contributed by atoms with Gasteiger partial charge in [0, 0.05) is 13.1 Å². The van der Waals surface area contributed by atoms with E-state index in [0.717, 1.165) is 10.7 Å². The van der Waals surface area contributed by atoms with Crippen molar-refractivity contribution in [1.82, 2.24) is 14.8 Å². The van der Waals surface area contributed by atoms with Crippen LogP contribution in [0.3, 0.4) is 0 Å². The highest BCUT2D eigenvalue weighted by Crippen LogP contribution is 2.23. The summed E-state index contributed by atoms with van der Waals surface area (Å²) in [6.45, 7) is 0. The third kappa shape index (κ3) is 1.97. The Kier molecular flexibility index (Phi) is 2.79. The molecule has 0 saturated carbocycles. The molecule has 0 saturated heterocycles. The van der Waals surface area contributed by atoms with E-state index in [9.17, 15) is 18.8 Å². The Morgan fingerprint density at radius 1 is 1.19 bits per heavy atom. The van der Waals surface area contributed by atoms with Gasteiger partial charge in [-0.15, -0.1) is 0 Å². The van der Waals surface area contributed by atoms with E-state index in [4.69, 9.17) is 4.84 Å². The van der Waals surface area contributed by atoms with E-state index in [1.807, 2.05) is 0 Å². The number of carbonyl (C=O) groups is 3. The molecule has 1 aliphatic heterocycles. The highest BCUT2D eigenvalue weighted by atomic mass is 19.1. The molecule has 0 bridgehead atoms. The van der Waals surface area contributed by atoms with Crippen LogP contribution in [-0.4, -0.2) is 32.6 Å². The maximum Gasteiger partial charge on any atom is 0.384 e. The molecule has 8 heteroatoms. The Morgan fingerprint density at radius 2 is 1.76 bits per heavy atom. The van der Waals surface area contributed by atoms with Crippen molar-refractivity contribution in [2.45, 2.75) is 0 Å². The Labute approximate surface area is 117 Å². The van der Waals surface area contributed by atoms with Crippen molar-refractivity contribution in [2.75, 3.05) is 0 Å². The molecule has 1 aromatic carbocycles. The Balaban J connectivity index is 1.85. The number of rotatable bonds is 2. The zero-order chi connectivity index (χ0) is 15.1. The molecule has 2 aromatic rings. The standard InChI is InChI=1S/C13H8FN3O4/c1-16-10(14)6-9(15-16)13(20)21-17-11(18)7-4-2-3-5-8(7)12(17)19/h2-6H,1H3. The van der Waals surface area contributed by atoms with E-state index >= 15 is 0 Å². The van der Waals surface area contributed by atoms with Gasteiger partial charge in [0.2, 0.25) is 5.95 Å². The monoisotopic (exact) mass is 289 g/mol. The van der Waals surface area contributed by atoms with E-state index in [0.29, 0.717) is 5.06 Å². The molecule has 1 aliphatic rings. The fourth-order valence-corrected chi connectivity index (χ4v) is 1.92. The number of hydrogen-bond acceptors (Lipinski definition) is 5.